The van der Waals surface area contributed by atoms with E-state index < -0.39 is 11.8 Å². The number of aryl methyl sites for hydroxylation is 1. The number of ether oxygens (including phenoxy) is 1. The molecule has 37 heavy (non-hydrogen) atoms. The fourth-order valence-corrected chi connectivity index (χ4v) is 3.92. The Balaban J connectivity index is 1.66. The number of carbonyl (C=O) groups excluding carboxylic acids is 1. The van der Waals surface area contributed by atoms with Gasteiger partial charge in [-0.05, 0) is 60.9 Å². The van der Waals surface area contributed by atoms with Gasteiger partial charge in [-0.25, -0.2) is 13.8 Å². The standard InChI is InChI=1S/C26H30F2N6O3/c1-16-4-5-20(31-25(36)22-12-19(14-29-33-22)26(3,27)28)13-21(16)18-10-23(30-17(2)15-35)32-24(11-18)34-6-8-37-9-7-34/h4-5,10-14,17,35H,6-9,15H2,1-3H3,(H,30,32)(H,31,36)/t17-/m1/s1. The summed E-state index contributed by atoms with van der Waals surface area (Å²) in [6.07, 6.45) is 0.944. The number of rotatable bonds is 8. The van der Waals surface area contributed by atoms with E-state index in [-0.39, 0.29) is 23.9 Å². The Morgan fingerprint density at radius 1 is 1.22 bits per heavy atom. The van der Waals surface area contributed by atoms with Gasteiger partial charge in [-0.2, -0.15) is 5.10 Å². The number of anilines is 3. The number of amides is 1. The van der Waals surface area contributed by atoms with E-state index >= 15 is 0 Å². The minimum absolute atomic E-state index is 0.0482. The number of pyridine rings is 1. The summed E-state index contributed by atoms with van der Waals surface area (Å²) in [6, 6.07) is 10.1. The fraction of sp³-hybridized carbons (Fsp3) is 0.385. The molecule has 1 amide bonds. The molecule has 0 saturated carbocycles. The summed E-state index contributed by atoms with van der Waals surface area (Å²) >= 11 is 0. The molecule has 3 heterocycles. The maximum atomic E-state index is 13.7. The third-order valence-electron chi connectivity index (χ3n) is 6.02. The van der Waals surface area contributed by atoms with Crippen LogP contribution in [0.5, 0.6) is 0 Å². The molecule has 1 atom stereocenters. The second kappa shape index (κ2) is 11.1. The maximum absolute atomic E-state index is 13.7. The number of hydrogen-bond acceptors (Lipinski definition) is 8. The first-order valence-electron chi connectivity index (χ1n) is 12.0. The predicted octanol–water partition coefficient (Wildman–Crippen LogP) is 3.84. The first-order valence-corrected chi connectivity index (χ1v) is 12.0. The lowest BCUT2D eigenvalue weighted by atomic mass is 10.00. The molecule has 11 heteroatoms. The van der Waals surface area contributed by atoms with E-state index in [1.807, 2.05) is 38.1 Å². The maximum Gasteiger partial charge on any atom is 0.276 e. The summed E-state index contributed by atoms with van der Waals surface area (Å²) in [5.41, 5.74) is 2.57. The molecule has 0 radical (unpaired) electrons. The lowest BCUT2D eigenvalue weighted by Gasteiger charge is -2.29. The van der Waals surface area contributed by atoms with Gasteiger partial charge >= 0.3 is 0 Å². The molecule has 3 aromatic rings. The van der Waals surface area contributed by atoms with Crippen molar-refractivity contribution in [3.05, 3.63) is 59.4 Å². The monoisotopic (exact) mass is 512 g/mol. The topological polar surface area (TPSA) is 112 Å². The molecule has 1 aliphatic heterocycles. The van der Waals surface area contributed by atoms with Crippen molar-refractivity contribution >= 4 is 23.2 Å². The minimum atomic E-state index is -3.14. The van der Waals surface area contributed by atoms with Crippen LogP contribution in [-0.2, 0) is 10.7 Å². The van der Waals surface area contributed by atoms with Gasteiger partial charge in [0.1, 0.15) is 11.6 Å². The summed E-state index contributed by atoms with van der Waals surface area (Å²) in [5.74, 6) is -2.39. The highest BCUT2D eigenvalue weighted by molar-refractivity contribution is 6.03. The van der Waals surface area contributed by atoms with Crippen molar-refractivity contribution in [2.45, 2.75) is 32.7 Å². The van der Waals surface area contributed by atoms with Crippen molar-refractivity contribution in [3.8, 4) is 11.1 Å². The van der Waals surface area contributed by atoms with E-state index in [0.29, 0.717) is 37.8 Å². The predicted molar refractivity (Wildman–Crippen MR) is 137 cm³/mol. The third-order valence-corrected chi connectivity index (χ3v) is 6.02. The first-order chi connectivity index (χ1) is 17.6. The number of carbonyl (C=O) groups is 1. The van der Waals surface area contributed by atoms with Crippen LogP contribution in [0, 0.1) is 6.92 Å². The van der Waals surface area contributed by atoms with Crippen LogP contribution in [0.4, 0.5) is 26.1 Å². The van der Waals surface area contributed by atoms with Gasteiger partial charge in [0.2, 0.25) is 0 Å². The zero-order chi connectivity index (χ0) is 26.6. The van der Waals surface area contributed by atoms with E-state index in [1.54, 1.807) is 6.07 Å². The summed E-state index contributed by atoms with van der Waals surface area (Å²) in [5, 5.41) is 22.7. The van der Waals surface area contributed by atoms with Gasteiger partial charge in [0, 0.05) is 37.3 Å². The Bertz CT molecular complexity index is 1260. The second-order valence-corrected chi connectivity index (χ2v) is 9.13. The molecule has 0 unspecified atom stereocenters. The molecule has 0 aliphatic carbocycles. The smallest absolute Gasteiger partial charge is 0.276 e. The number of nitrogens with one attached hydrogen (secondary N) is 2. The molecule has 1 fully saturated rings. The highest BCUT2D eigenvalue weighted by atomic mass is 19.3. The summed E-state index contributed by atoms with van der Waals surface area (Å²) < 4.78 is 32.8. The van der Waals surface area contributed by atoms with Crippen molar-refractivity contribution in [2.75, 3.05) is 48.4 Å². The van der Waals surface area contributed by atoms with Crippen molar-refractivity contribution in [2.24, 2.45) is 0 Å². The van der Waals surface area contributed by atoms with Crippen LogP contribution >= 0.6 is 0 Å². The van der Waals surface area contributed by atoms with Gasteiger partial charge in [0.15, 0.2) is 5.69 Å². The minimum Gasteiger partial charge on any atom is -0.394 e. The fourth-order valence-electron chi connectivity index (χ4n) is 3.92. The highest BCUT2D eigenvalue weighted by Crippen LogP contribution is 2.32. The molecule has 2 aromatic heterocycles. The van der Waals surface area contributed by atoms with E-state index in [0.717, 1.165) is 41.7 Å². The Morgan fingerprint density at radius 2 is 1.97 bits per heavy atom. The van der Waals surface area contributed by atoms with Gasteiger partial charge in [-0.15, -0.1) is 5.10 Å². The molecule has 1 aliphatic rings. The number of aromatic nitrogens is 3. The zero-order valence-electron chi connectivity index (χ0n) is 21.0. The van der Waals surface area contributed by atoms with Crippen molar-refractivity contribution < 1.29 is 23.4 Å². The third kappa shape index (κ3) is 6.55. The molecule has 0 bridgehead atoms. The average molecular weight is 513 g/mol. The van der Waals surface area contributed by atoms with Crippen LogP contribution in [-0.4, -0.2) is 65.1 Å². The molecular formula is C26H30F2N6O3. The molecule has 3 N–H and O–H groups in total. The van der Waals surface area contributed by atoms with E-state index in [4.69, 9.17) is 9.72 Å². The number of morpholine rings is 1. The van der Waals surface area contributed by atoms with Crippen LogP contribution in [0.15, 0.2) is 42.6 Å². The number of aliphatic hydroxyl groups excluding tert-OH is 1. The Hall–Kier alpha value is -3.70. The summed E-state index contributed by atoms with van der Waals surface area (Å²) in [7, 11) is 0. The lowest BCUT2D eigenvalue weighted by molar-refractivity contribution is 0.0169. The summed E-state index contributed by atoms with van der Waals surface area (Å²) in [4.78, 5) is 19.7. The van der Waals surface area contributed by atoms with Crippen LogP contribution in [0.3, 0.4) is 0 Å². The Labute approximate surface area is 213 Å². The molecule has 196 valence electrons. The van der Waals surface area contributed by atoms with E-state index in [1.165, 1.54) is 0 Å². The normalized spacial score (nSPS) is 14.8. The van der Waals surface area contributed by atoms with Crippen molar-refractivity contribution in [1.29, 1.82) is 0 Å². The van der Waals surface area contributed by atoms with Crippen LogP contribution in [0.25, 0.3) is 11.1 Å². The molecule has 0 spiro atoms. The lowest BCUT2D eigenvalue weighted by Crippen LogP contribution is -2.37. The molecule has 4 rings (SSSR count). The molecule has 9 nitrogen and oxygen atoms in total. The molecule has 1 saturated heterocycles. The van der Waals surface area contributed by atoms with Crippen LogP contribution in [0.2, 0.25) is 0 Å². The number of aliphatic hydroxyl groups is 1. The first kappa shape index (κ1) is 26.4. The second-order valence-electron chi connectivity index (χ2n) is 9.13. The van der Waals surface area contributed by atoms with Gasteiger partial charge in [-0.1, -0.05) is 6.07 Å². The largest absolute Gasteiger partial charge is 0.394 e. The van der Waals surface area contributed by atoms with E-state index in [9.17, 15) is 18.7 Å². The Morgan fingerprint density at radius 3 is 2.68 bits per heavy atom. The zero-order valence-corrected chi connectivity index (χ0v) is 21.0. The molecule has 1 aromatic carbocycles. The van der Waals surface area contributed by atoms with Gasteiger partial charge in [0.25, 0.3) is 11.8 Å². The van der Waals surface area contributed by atoms with Crippen LogP contribution < -0.4 is 15.5 Å². The average Bonchev–Trinajstić information content (AvgIpc) is 2.89. The number of hydrogen-bond donors (Lipinski definition) is 3. The van der Waals surface area contributed by atoms with Crippen molar-refractivity contribution in [1.82, 2.24) is 15.2 Å². The van der Waals surface area contributed by atoms with E-state index in [2.05, 4.69) is 25.7 Å². The number of alkyl halides is 2. The van der Waals surface area contributed by atoms with Gasteiger partial charge in [-0.3, -0.25) is 4.79 Å². The SMILES string of the molecule is Cc1ccc(NC(=O)c2cc(C(C)(F)F)cnn2)cc1-c1cc(N[C@H](C)CO)nc(N2CCOCC2)c1. The Kier molecular flexibility index (Phi) is 7.94. The van der Waals surface area contributed by atoms with Crippen LogP contribution in [0.1, 0.15) is 35.5 Å². The van der Waals surface area contributed by atoms with Gasteiger partial charge in [0.05, 0.1) is 26.0 Å². The highest BCUT2D eigenvalue weighted by Gasteiger charge is 2.26. The molecular weight excluding hydrogens is 482 g/mol. The van der Waals surface area contributed by atoms with Gasteiger partial charge < -0.3 is 25.4 Å². The quantitative estimate of drug-likeness (QED) is 0.417. The number of benzene rings is 1. The number of nitrogens with zero attached hydrogens (tertiary/aromatic N) is 4. The summed E-state index contributed by atoms with van der Waals surface area (Å²) in [6.45, 7) is 7.13. The number of halogens is 2. The van der Waals surface area contributed by atoms with Crippen molar-refractivity contribution in [3.63, 3.8) is 0 Å².